The molecule has 1 amide bonds. The molecule has 0 radical (unpaired) electrons. The van der Waals surface area contributed by atoms with E-state index in [4.69, 9.17) is 4.74 Å². The van der Waals surface area contributed by atoms with Gasteiger partial charge in [0.2, 0.25) is 5.91 Å². The molecule has 3 unspecified atom stereocenters. The van der Waals surface area contributed by atoms with E-state index in [1.54, 1.807) is 0 Å². The van der Waals surface area contributed by atoms with Crippen molar-refractivity contribution < 1.29 is 24.5 Å². The third-order valence-electron chi connectivity index (χ3n) is 10.2. The molecule has 54 heavy (non-hydrogen) atoms. The van der Waals surface area contributed by atoms with Crippen molar-refractivity contribution >= 4 is 11.9 Å². The molecule has 0 aromatic carbocycles. The van der Waals surface area contributed by atoms with Gasteiger partial charge in [-0.1, -0.05) is 191 Å². The molecular weight excluding hydrogens is 671 g/mol. The quantitative estimate of drug-likeness (QED) is 0.0329. The first-order valence-corrected chi connectivity index (χ1v) is 22.9. The molecule has 0 aliphatic rings. The molecule has 0 saturated heterocycles. The van der Waals surface area contributed by atoms with Crippen LogP contribution in [0.2, 0.25) is 0 Å². The highest BCUT2D eigenvalue weighted by Crippen LogP contribution is 2.17. The topological polar surface area (TPSA) is 95.9 Å². The van der Waals surface area contributed by atoms with Gasteiger partial charge in [0.25, 0.3) is 0 Å². The van der Waals surface area contributed by atoms with Crippen LogP contribution in [-0.4, -0.2) is 46.9 Å². The number of ether oxygens (including phenoxy) is 1. The van der Waals surface area contributed by atoms with Gasteiger partial charge in [-0.15, -0.1) is 0 Å². The maximum Gasteiger partial charge on any atom is 0.306 e. The van der Waals surface area contributed by atoms with Crippen molar-refractivity contribution in [3.63, 3.8) is 0 Å². The molecule has 0 heterocycles. The van der Waals surface area contributed by atoms with Crippen molar-refractivity contribution in [2.24, 2.45) is 0 Å². The van der Waals surface area contributed by atoms with Crippen molar-refractivity contribution in [1.82, 2.24) is 5.32 Å². The van der Waals surface area contributed by atoms with Gasteiger partial charge in [0.1, 0.15) is 6.10 Å². The number of amides is 1. The molecule has 0 aromatic heterocycles. The predicted molar refractivity (Wildman–Crippen MR) is 232 cm³/mol. The average Bonchev–Trinajstić information content (AvgIpc) is 3.16. The Labute approximate surface area is 334 Å². The summed E-state index contributed by atoms with van der Waals surface area (Å²) in [6.45, 7) is 6.32. The molecule has 0 aliphatic carbocycles. The molecule has 0 rings (SSSR count). The highest BCUT2D eigenvalue weighted by molar-refractivity contribution is 5.77. The Bertz CT molecular complexity index is 941. The average molecular weight is 758 g/mol. The highest BCUT2D eigenvalue weighted by Gasteiger charge is 2.24. The fourth-order valence-electron chi connectivity index (χ4n) is 6.71. The number of rotatable bonds is 40. The van der Waals surface area contributed by atoms with Crippen LogP contribution in [0.4, 0.5) is 0 Å². The van der Waals surface area contributed by atoms with E-state index in [1.165, 1.54) is 83.5 Å². The normalized spacial score (nSPS) is 13.8. The van der Waals surface area contributed by atoms with Crippen LogP contribution in [0, 0.1) is 0 Å². The number of unbranched alkanes of at least 4 members (excludes halogenated alkanes) is 20. The standard InChI is InChI=1S/C48H87NO5/c1-4-7-10-13-16-19-21-22-23-24-25-27-29-32-35-38-41-48(53)54-44(39-36-33-30-18-15-12-9-6-3)42-47(52)49-45(43-50)46(51)40-37-34-31-28-26-20-17-14-11-8-5-2/h7,10,16,19,22-23,25,27,44-46,50-51H,4-6,8-9,11-15,17-18,20-21,24,26,28-43H2,1-3H3,(H,49,52)/b10-7+,19-16+,23-22+,27-25+. The first kappa shape index (κ1) is 51.8. The van der Waals surface area contributed by atoms with Crippen LogP contribution in [0.25, 0.3) is 0 Å². The van der Waals surface area contributed by atoms with Crippen LogP contribution in [-0.2, 0) is 14.3 Å². The first-order chi connectivity index (χ1) is 26.5. The van der Waals surface area contributed by atoms with Crippen LogP contribution >= 0.6 is 0 Å². The van der Waals surface area contributed by atoms with Gasteiger partial charge < -0.3 is 20.3 Å². The second kappa shape index (κ2) is 42.0. The lowest BCUT2D eigenvalue weighted by atomic mass is 10.0. The minimum absolute atomic E-state index is 0.0652. The lowest BCUT2D eigenvalue weighted by molar-refractivity contribution is -0.151. The number of carbonyl (C=O) groups is 2. The van der Waals surface area contributed by atoms with Crippen molar-refractivity contribution in [3.05, 3.63) is 48.6 Å². The summed E-state index contributed by atoms with van der Waals surface area (Å²) in [5, 5.41) is 23.6. The largest absolute Gasteiger partial charge is 0.462 e. The summed E-state index contributed by atoms with van der Waals surface area (Å²) in [6, 6.07) is -0.703. The molecule has 6 nitrogen and oxygen atoms in total. The van der Waals surface area contributed by atoms with Crippen LogP contribution in [0.1, 0.15) is 220 Å². The third kappa shape index (κ3) is 36.8. The molecule has 6 heteroatoms. The van der Waals surface area contributed by atoms with E-state index in [9.17, 15) is 19.8 Å². The molecule has 0 saturated carbocycles. The zero-order valence-electron chi connectivity index (χ0n) is 35.6. The molecule has 0 fully saturated rings. The van der Waals surface area contributed by atoms with E-state index in [0.29, 0.717) is 19.3 Å². The Morgan fingerprint density at radius 3 is 1.50 bits per heavy atom. The Hall–Kier alpha value is -2.18. The van der Waals surface area contributed by atoms with Crippen LogP contribution in [0.5, 0.6) is 0 Å². The van der Waals surface area contributed by atoms with Crippen molar-refractivity contribution in [2.45, 2.75) is 238 Å². The Morgan fingerprint density at radius 1 is 0.556 bits per heavy atom. The summed E-state index contributed by atoms with van der Waals surface area (Å²) < 4.78 is 5.87. The molecule has 3 atom stereocenters. The number of hydrogen-bond acceptors (Lipinski definition) is 5. The minimum atomic E-state index is -0.789. The van der Waals surface area contributed by atoms with Crippen molar-refractivity contribution in [2.75, 3.05) is 6.61 Å². The lowest BCUT2D eigenvalue weighted by Crippen LogP contribution is -2.46. The van der Waals surface area contributed by atoms with E-state index >= 15 is 0 Å². The van der Waals surface area contributed by atoms with Gasteiger partial charge in [-0.3, -0.25) is 9.59 Å². The Morgan fingerprint density at radius 2 is 1.00 bits per heavy atom. The Balaban J connectivity index is 4.54. The van der Waals surface area contributed by atoms with E-state index in [1.807, 2.05) is 0 Å². The van der Waals surface area contributed by atoms with Crippen LogP contribution in [0.15, 0.2) is 48.6 Å². The zero-order chi connectivity index (χ0) is 39.6. The smallest absolute Gasteiger partial charge is 0.306 e. The number of esters is 1. The monoisotopic (exact) mass is 758 g/mol. The van der Waals surface area contributed by atoms with E-state index in [-0.39, 0.29) is 24.9 Å². The SMILES string of the molecule is CC/C=C/C/C=C/C/C=C/C/C=C/CCCCCC(=O)OC(CCCCCCCCCC)CC(=O)NC(CO)C(O)CCCCCCCCCCCCC. The number of aliphatic hydroxyl groups is 2. The minimum Gasteiger partial charge on any atom is -0.462 e. The summed E-state index contributed by atoms with van der Waals surface area (Å²) in [5.41, 5.74) is 0. The summed E-state index contributed by atoms with van der Waals surface area (Å²) >= 11 is 0. The van der Waals surface area contributed by atoms with Gasteiger partial charge in [0.15, 0.2) is 0 Å². The summed E-state index contributed by atoms with van der Waals surface area (Å²) in [4.78, 5) is 25.9. The molecule has 3 N–H and O–H groups in total. The molecule has 0 spiro atoms. The number of allylic oxidation sites excluding steroid dienone is 8. The van der Waals surface area contributed by atoms with Gasteiger partial charge in [-0.2, -0.15) is 0 Å². The number of aliphatic hydroxyl groups excluding tert-OH is 2. The second-order valence-electron chi connectivity index (χ2n) is 15.4. The van der Waals surface area contributed by atoms with E-state index in [0.717, 1.165) is 89.9 Å². The second-order valence-corrected chi connectivity index (χ2v) is 15.4. The van der Waals surface area contributed by atoms with Gasteiger partial charge >= 0.3 is 5.97 Å². The maximum absolute atomic E-state index is 13.1. The maximum atomic E-state index is 13.1. The summed E-state index contributed by atoms with van der Waals surface area (Å²) in [6.07, 6.45) is 48.9. The van der Waals surface area contributed by atoms with Gasteiger partial charge in [-0.25, -0.2) is 0 Å². The van der Waals surface area contributed by atoms with Crippen molar-refractivity contribution in [1.29, 1.82) is 0 Å². The van der Waals surface area contributed by atoms with E-state index in [2.05, 4.69) is 74.7 Å². The van der Waals surface area contributed by atoms with Crippen LogP contribution in [0.3, 0.4) is 0 Å². The molecule has 0 aliphatic heterocycles. The fourth-order valence-corrected chi connectivity index (χ4v) is 6.71. The predicted octanol–water partition coefficient (Wildman–Crippen LogP) is 13.1. The summed E-state index contributed by atoms with van der Waals surface area (Å²) in [5.74, 6) is -0.513. The van der Waals surface area contributed by atoms with Gasteiger partial charge in [0, 0.05) is 6.42 Å². The fraction of sp³-hybridized carbons (Fsp3) is 0.792. The Kier molecular flexibility index (Phi) is 40.3. The van der Waals surface area contributed by atoms with Crippen molar-refractivity contribution in [3.8, 4) is 0 Å². The highest BCUT2D eigenvalue weighted by atomic mass is 16.5. The zero-order valence-corrected chi connectivity index (χ0v) is 35.6. The molecular formula is C48H87NO5. The van der Waals surface area contributed by atoms with Gasteiger partial charge in [-0.05, 0) is 64.2 Å². The van der Waals surface area contributed by atoms with Crippen LogP contribution < -0.4 is 5.32 Å². The number of carbonyl (C=O) groups excluding carboxylic acids is 2. The van der Waals surface area contributed by atoms with Gasteiger partial charge in [0.05, 0.1) is 25.2 Å². The molecule has 0 aromatic rings. The molecule has 314 valence electrons. The number of nitrogens with one attached hydrogen (secondary N) is 1. The first-order valence-electron chi connectivity index (χ1n) is 22.9. The summed E-state index contributed by atoms with van der Waals surface area (Å²) in [7, 11) is 0. The third-order valence-corrected chi connectivity index (χ3v) is 10.2. The lowest BCUT2D eigenvalue weighted by Gasteiger charge is -2.24. The van der Waals surface area contributed by atoms with E-state index < -0.39 is 18.2 Å². The number of hydrogen-bond donors (Lipinski definition) is 3. The molecule has 0 bridgehead atoms.